The highest BCUT2D eigenvalue weighted by molar-refractivity contribution is 5.67. The van der Waals surface area contributed by atoms with Gasteiger partial charge in [-0.1, -0.05) is 18.2 Å². The van der Waals surface area contributed by atoms with E-state index in [1.807, 2.05) is 6.07 Å². The quantitative estimate of drug-likeness (QED) is 0.901. The Balaban J connectivity index is 2.14. The van der Waals surface area contributed by atoms with E-state index in [9.17, 15) is 9.18 Å². The van der Waals surface area contributed by atoms with E-state index in [-0.39, 0.29) is 12.2 Å². The first kappa shape index (κ1) is 12.2. The van der Waals surface area contributed by atoms with Crippen LogP contribution in [0.5, 0.6) is 0 Å². The van der Waals surface area contributed by atoms with Gasteiger partial charge >= 0.3 is 5.97 Å². The van der Waals surface area contributed by atoms with Crippen molar-refractivity contribution in [2.45, 2.75) is 12.8 Å². The molecule has 1 N–H and O–H groups in total. The maximum atomic E-state index is 13.1. The molecular weight excluding hydrogens is 233 g/mol. The number of hydrogen-bond acceptors (Lipinski definition) is 2. The number of hydrogen-bond donors (Lipinski definition) is 1. The number of aliphatic carboxylic acids is 1. The summed E-state index contributed by atoms with van der Waals surface area (Å²) in [6, 6.07) is 9.86. The van der Waals surface area contributed by atoms with Crippen molar-refractivity contribution in [2.24, 2.45) is 0 Å². The summed E-state index contributed by atoms with van der Waals surface area (Å²) in [4.78, 5) is 14.6. The van der Waals surface area contributed by atoms with Gasteiger partial charge in [0, 0.05) is 23.9 Å². The summed E-state index contributed by atoms with van der Waals surface area (Å²) in [5.41, 5.74) is 2.29. The Kier molecular flexibility index (Phi) is 3.67. The fraction of sp³-hybridized carbons (Fsp3) is 0.143. The van der Waals surface area contributed by atoms with E-state index in [4.69, 9.17) is 5.11 Å². The van der Waals surface area contributed by atoms with Gasteiger partial charge in [0.1, 0.15) is 5.82 Å². The van der Waals surface area contributed by atoms with Crippen LogP contribution in [-0.4, -0.2) is 16.1 Å². The van der Waals surface area contributed by atoms with E-state index < -0.39 is 5.97 Å². The second-order valence-electron chi connectivity index (χ2n) is 3.94. The van der Waals surface area contributed by atoms with E-state index in [1.165, 1.54) is 12.1 Å². The first-order valence-corrected chi connectivity index (χ1v) is 5.58. The lowest BCUT2D eigenvalue weighted by Crippen LogP contribution is -1.99. The summed E-state index contributed by atoms with van der Waals surface area (Å²) in [6.07, 6.45) is 2.09. The third-order valence-corrected chi connectivity index (χ3v) is 2.58. The molecule has 0 aliphatic carbocycles. The van der Waals surface area contributed by atoms with E-state index in [0.717, 1.165) is 16.8 Å². The van der Waals surface area contributed by atoms with Gasteiger partial charge in [-0.3, -0.25) is 9.78 Å². The number of aryl methyl sites for hydroxylation is 1. The standard InChI is InChI=1S/C14H12FNO2/c15-12-3-1-2-10(8-12)11-4-5-13(16-9-11)6-7-14(17)18/h1-5,8-9H,6-7H2,(H,17,18). The van der Waals surface area contributed by atoms with Crippen molar-refractivity contribution in [1.29, 1.82) is 0 Å². The second kappa shape index (κ2) is 5.40. The normalized spacial score (nSPS) is 10.3. The highest BCUT2D eigenvalue weighted by Crippen LogP contribution is 2.19. The van der Waals surface area contributed by atoms with Gasteiger partial charge in [-0.15, -0.1) is 0 Å². The van der Waals surface area contributed by atoms with Crippen LogP contribution in [-0.2, 0) is 11.2 Å². The van der Waals surface area contributed by atoms with Crippen LogP contribution in [0.2, 0.25) is 0 Å². The molecule has 0 saturated carbocycles. The number of carboxylic acid groups (broad SMARTS) is 1. The van der Waals surface area contributed by atoms with Crippen molar-refractivity contribution in [3.63, 3.8) is 0 Å². The predicted octanol–water partition coefficient (Wildman–Crippen LogP) is 2.90. The zero-order valence-electron chi connectivity index (χ0n) is 9.64. The third kappa shape index (κ3) is 3.13. The van der Waals surface area contributed by atoms with Crippen molar-refractivity contribution >= 4 is 5.97 Å². The molecule has 1 aromatic heterocycles. The number of pyridine rings is 1. The Hall–Kier alpha value is -2.23. The molecule has 2 rings (SSSR count). The number of carbonyl (C=O) groups is 1. The molecule has 0 aliphatic heterocycles. The Morgan fingerprint density at radius 1 is 1.22 bits per heavy atom. The lowest BCUT2D eigenvalue weighted by atomic mass is 10.1. The molecule has 4 heteroatoms. The summed E-state index contributed by atoms with van der Waals surface area (Å²) in [5.74, 6) is -1.13. The molecule has 0 bridgehead atoms. The molecule has 0 aliphatic rings. The average molecular weight is 245 g/mol. The average Bonchev–Trinajstić information content (AvgIpc) is 2.37. The minimum absolute atomic E-state index is 0.0618. The molecule has 0 radical (unpaired) electrons. The summed E-state index contributed by atoms with van der Waals surface area (Å²) in [6.45, 7) is 0. The Morgan fingerprint density at radius 3 is 2.67 bits per heavy atom. The SMILES string of the molecule is O=C(O)CCc1ccc(-c2cccc(F)c2)cn1. The fourth-order valence-corrected chi connectivity index (χ4v) is 1.65. The van der Waals surface area contributed by atoms with E-state index in [2.05, 4.69) is 4.98 Å². The zero-order valence-corrected chi connectivity index (χ0v) is 9.64. The van der Waals surface area contributed by atoms with Gasteiger partial charge in [-0.05, 0) is 23.8 Å². The van der Waals surface area contributed by atoms with E-state index in [0.29, 0.717) is 6.42 Å². The molecule has 3 nitrogen and oxygen atoms in total. The van der Waals surface area contributed by atoms with Gasteiger partial charge in [0.15, 0.2) is 0 Å². The second-order valence-corrected chi connectivity index (χ2v) is 3.94. The summed E-state index contributed by atoms with van der Waals surface area (Å²) in [7, 11) is 0. The Morgan fingerprint density at radius 2 is 2.06 bits per heavy atom. The molecule has 0 saturated heterocycles. The van der Waals surface area contributed by atoms with Crippen LogP contribution in [0, 0.1) is 5.82 Å². The van der Waals surface area contributed by atoms with Crippen molar-refractivity contribution in [3.8, 4) is 11.1 Å². The predicted molar refractivity (Wildman–Crippen MR) is 65.6 cm³/mol. The van der Waals surface area contributed by atoms with Crippen molar-refractivity contribution < 1.29 is 14.3 Å². The summed E-state index contributed by atoms with van der Waals surface area (Å²) in [5, 5.41) is 8.57. The lowest BCUT2D eigenvalue weighted by Gasteiger charge is -2.03. The largest absolute Gasteiger partial charge is 0.481 e. The maximum absolute atomic E-state index is 13.1. The molecule has 0 spiro atoms. The molecule has 0 fully saturated rings. The zero-order chi connectivity index (χ0) is 13.0. The molecule has 2 aromatic rings. The molecule has 0 unspecified atom stereocenters. The number of benzene rings is 1. The molecule has 92 valence electrons. The van der Waals surface area contributed by atoms with Gasteiger partial charge in [0.25, 0.3) is 0 Å². The van der Waals surface area contributed by atoms with Gasteiger partial charge < -0.3 is 5.11 Å². The number of aromatic nitrogens is 1. The minimum atomic E-state index is -0.842. The van der Waals surface area contributed by atoms with Gasteiger partial charge in [-0.2, -0.15) is 0 Å². The summed E-state index contributed by atoms with van der Waals surface area (Å²) >= 11 is 0. The minimum Gasteiger partial charge on any atom is -0.481 e. The highest BCUT2D eigenvalue weighted by atomic mass is 19.1. The van der Waals surface area contributed by atoms with E-state index in [1.54, 1.807) is 24.4 Å². The number of nitrogens with zero attached hydrogens (tertiary/aromatic N) is 1. The monoisotopic (exact) mass is 245 g/mol. The third-order valence-electron chi connectivity index (χ3n) is 2.58. The topological polar surface area (TPSA) is 50.2 Å². The highest BCUT2D eigenvalue weighted by Gasteiger charge is 2.02. The Labute approximate surface area is 104 Å². The summed E-state index contributed by atoms with van der Waals surface area (Å²) < 4.78 is 13.1. The van der Waals surface area contributed by atoms with E-state index >= 15 is 0 Å². The van der Waals surface area contributed by atoms with Gasteiger partial charge in [0.2, 0.25) is 0 Å². The maximum Gasteiger partial charge on any atom is 0.303 e. The van der Waals surface area contributed by atoms with Crippen LogP contribution in [0.3, 0.4) is 0 Å². The molecule has 0 amide bonds. The van der Waals surface area contributed by atoms with Crippen molar-refractivity contribution in [2.75, 3.05) is 0 Å². The molecule has 1 heterocycles. The van der Waals surface area contributed by atoms with Crippen LogP contribution in [0.1, 0.15) is 12.1 Å². The fourth-order valence-electron chi connectivity index (χ4n) is 1.65. The van der Waals surface area contributed by atoms with Gasteiger partial charge in [-0.25, -0.2) is 4.39 Å². The van der Waals surface area contributed by atoms with Crippen LogP contribution < -0.4 is 0 Å². The molecular formula is C14H12FNO2. The molecule has 0 atom stereocenters. The van der Waals surface area contributed by atoms with Crippen molar-refractivity contribution in [3.05, 3.63) is 54.1 Å². The number of rotatable bonds is 4. The van der Waals surface area contributed by atoms with Crippen LogP contribution in [0.25, 0.3) is 11.1 Å². The Bertz CT molecular complexity index is 552. The smallest absolute Gasteiger partial charge is 0.303 e. The molecule has 1 aromatic carbocycles. The van der Waals surface area contributed by atoms with Crippen LogP contribution in [0.15, 0.2) is 42.6 Å². The lowest BCUT2D eigenvalue weighted by molar-refractivity contribution is -0.136. The van der Waals surface area contributed by atoms with Gasteiger partial charge in [0.05, 0.1) is 6.42 Å². The first-order valence-electron chi connectivity index (χ1n) is 5.58. The molecule has 18 heavy (non-hydrogen) atoms. The van der Waals surface area contributed by atoms with Crippen LogP contribution >= 0.6 is 0 Å². The first-order chi connectivity index (χ1) is 8.65. The van der Waals surface area contributed by atoms with Crippen LogP contribution in [0.4, 0.5) is 4.39 Å². The van der Waals surface area contributed by atoms with Crippen molar-refractivity contribution in [1.82, 2.24) is 4.98 Å². The number of carboxylic acids is 1. The number of halogens is 1.